The minimum absolute atomic E-state index is 0.421. The standard InChI is InChI=1S/C19H22N2.2C2H6/c1-5-9-14(6-2)15-10-11-17-16(7-3)18(8-4)21(13-20)19(17)12-15;2*1-2/h5-12H,3-4,13,20H2,1-2H3;2*1-2H3/b9-5-,14-6+;;. The highest BCUT2D eigenvalue weighted by molar-refractivity contribution is 5.95. The van der Waals surface area contributed by atoms with Gasteiger partial charge in [-0.15, -0.1) is 0 Å². The van der Waals surface area contributed by atoms with Crippen LogP contribution in [0.3, 0.4) is 0 Å². The molecule has 0 aliphatic rings. The smallest absolute Gasteiger partial charge is 0.0707 e. The van der Waals surface area contributed by atoms with Crippen molar-refractivity contribution in [2.24, 2.45) is 5.73 Å². The van der Waals surface area contributed by atoms with E-state index in [2.05, 4.69) is 48.1 Å². The van der Waals surface area contributed by atoms with E-state index in [0.29, 0.717) is 6.67 Å². The summed E-state index contributed by atoms with van der Waals surface area (Å²) >= 11 is 0. The second-order valence-electron chi connectivity index (χ2n) is 4.79. The summed E-state index contributed by atoms with van der Waals surface area (Å²) in [5.74, 6) is 0. The lowest BCUT2D eigenvalue weighted by molar-refractivity contribution is 0.756. The molecule has 0 aliphatic carbocycles. The molecule has 0 fully saturated rings. The zero-order valence-corrected chi connectivity index (χ0v) is 16.8. The maximum atomic E-state index is 5.93. The van der Waals surface area contributed by atoms with Crippen molar-refractivity contribution in [3.05, 3.63) is 66.4 Å². The molecule has 1 aromatic heterocycles. The summed E-state index contributed by atoms with van der Waals surface area (Å²) in [4.78, 5) is 0. The quantitative estimate of drug-likeness (QED) is 0.592. The van der Waals surface area contributed by atoms with E-state index < -0.39 is 0 Å². The van der Waals surface area contributed by atoms with Crippen LogP contribution >= 0.6 is 0 Å². The molecule has 0 saturated heterocycles. The number of hydrogen-bond donors (Lipinski definition) is 1. The first-order valence-corrected chi connectivity index (χ1v) is 9.12. The Morgan fingerprint density at radius 1 is 1.08 bits per heavy atom. The lowest BCUT2D eigenvalue weighted by atomic mass is 10.0. The van der Waals surface area contributed by atoms with Crippen molar-refractivity contribution in [1.82, 2.24) is 4.57 Å². The van der Waals surface area contributed by atoms with E-state index in [4.69, 9.17) is 5.73 Å². The number of rotatable bonds is 5. The number of hydrogen-bond acceptors (Lipinski definition) is 1. The molecule has 0 saturated carbocycles. The second kappa shape index (κ2) is 12.1. The van der Waals surface area contributed by atoms with Crippen molar-refractivity contribution in [1.29, 1.82) is 0 Å². The number of aromatic nitrogens is 1. The van der Waals surface area contributed by atoms with Crippen LogP contribution in [0.4, 0.5) is 0 Å². The molecule has 2 N–H and O–H groups in total. The third-order valence-electron chi connectivity index (χ3n) is 3.72. The van der Waals surface area contributed by atoms with E-state index >= 15 is 0 Å². The summed E-state index contributed by atoms with van der Waals surface area (Å²) in [5.41, 5.74) is 11.5. The van der Waals surface area contributed by atoms with Crippen LogP contribution in [0.25, 0.3) is 28.6 Å². The van der Waals surface area contributed by atoms with Crippen molar-refractivity contribution in [2.75, 3.05) is 0 Å². The minimum Gasteiger partial charge on any atom is -0.327 e. The molecule has 2 heteroatoms. The predicted octanol–water partition coefficient (Wildman–Crippen LogP) is 6.88. The first kappa shape index (κ1) is 22.7. The highest BCUT2D eigenvalue weighted by Gasteiger charge is 2.13. The zero-order chi connectivity index (χ0) is 19.4. The van der Waals surface area contributed by atoms with Gasteiger partial charge in [0.2, 0.25) is 0 Å². The van der Waals surface area contributed by atoms with Gasteiger partial charge in [-0.3, -0.25) is 0 Å². The number of benzene rings is 1. The Kier molecular flexibility index (Phi) is 11.0. The van der Waals surface area contributed by atoms with E-state index in [-0.39, 0.29) is 0 Å². The number of nitrogens with two attached hydrogens (primary N) is 1. The SMILES string of the molecule is C=Cc1c(C=C)n(CN)c2cc(C(/C=C\C)=C/C)ccc12.CC.CC. The van der Waals surface area contributed by atoms with Crippen molar-refractivity contribution >= 4 is 28.6 Å². The molecule has 0 aliphatic heterocycles. The lowest BCUT2D eigenvalue weighted by Crippen LogP contribution is -2.08. The summed E-state index contributed by atoms with van der Waals surface area (Å²) in [6, 6.07) is 6.45. The van der Waals surface area contributed by atoms with Gasteiger partial charge in [0.1, 0.15) is 0 Å². The monoisotopic (exact) mass is 338 g/mol. The average Bonchev–Trinajstić information content (AvgIpc) is 3.00. The molecular formula is C23H34N2. The fourth-order valence-corrected chi connectivity index (χ4v) is 2.75. The molecule has 0 radical (unpaired) electrons. The summed E-state index contributed by atoms with van der Waals surface area (Å²) in [6.07, 6.45) is 9.98. The van der Waals surface area contributed by atoms with Crippen LogP contribution < -0.4 is 5.73 Å². The van der Waals surface area contributed by atoms with Gasteiger partial charge < -0.3 is 10.3 Å². The average molecular weight is 339 g/mol. The van der Waals surface area contributed by atoms with Crippen molar-refractivity contribution in [2.45, 2.75) is 48.2 Å². The van der Waals surface area contributed by atoms with Crippen molar-refractivity contribution in [3.8, 4) is 0 Å². The van der Waals surface area contributed by atoms with Crippen LogP contribution in [0, 0.1) is 0 Å². The highest BCUT2D eigenvalue weighted by atomic mass is 15.1. The van der Waals surface area contributed by atoms with Crippen molar-refractivity contribution in [3.63, 3.8) is 0 Å². The molecule has 0 bridgehead atoms. The molecule has 0 unspecified atom stereocenters. The summed E-state index contributed by atoms with van der Waals surface area (Å²) in [7, 11) is 0. The van der Waals surface area contributed by atoms with Crippen molar-refractivity contribution < 1.29 is 0 Å². The first-order chi connectivity index (χ1) is 12.2. The van der Waals surface area contributed by atoms with Gasteiger partial charge in [-0.25, -0.2) is 0 Å². The molecular weight excluding hydrogens is 304 g/mol. The predicted molar refractivity (Wildman–Crippen MR) is 117 cm³/mol. The largest absolute Gasteiger partial charge is 0.327 e. The first-order valence-electron chi connectivity index (χ1n) is 9.12. The summed E-state index contributed by atoms with van der Waals surface area (Å²) in [5, 5.41) is 1.16. The maximum Gasteiger partial charge on any atom is 0.0707 e. The minimum atomic E-state index is 0.421. The molecule has 136 valence electrons. The molecule has 1 heterocycles. The van der Waals surface area contributed by atoms with Crippen LogP contribution in [0.1, 0.15) is 58.4 Å². The number of fused-ring (bicyclic) bond motifs is 1. The Hall–Kier alpha value is -2.32. The number of allylic oxidation sites excluding steroid dienone is 4. The third kappa shape index (κ3) is 4.83. The van der Waals surface area contributed by atoms with Crippen LogP contribution in [-0.2, 0) is 6.67 Å². The molecule has 2 nitrogen and oxygen atoms in total. The Labute approximate surface area is 154 Å². The van der Waals surface area contributed by atoms with Crippen LogP contribution in [0.15, 0.2) is 49.6 Å². The van der Waals surface area contributed by atoms with Crippen LogP contribution in [0.5, 0.6) is 0 Å². The maximum absolute atomic E-state index is 5.93. The Morgan fingerprint density at radius 2 is 1.72 bits per heavy atom. The van der Waals surface area contributed by atoms with E-state index in [9.17, 15) is 0 Å². The molecule has 0 atom stereocenters. The molecule has 2 rings (SSSR count). The highest BCUT2D eigenvalue weighted by Crippen LogP contribution is 2.30. The van der Waals surface area contributed by atoms with Gasteiger partial charge in [0.15, 0.2) is 0 Å². The second-order valence-corrected chi connectivity index (χ2v) is 4.79. The zero-order valence-electron chi connectivity index (χ0n) is 16.8. The van der Waals surface area contributed by atoms with Gasteiger partial charge in [0.25, 0.3) is 0 Å². The molecule has 0 amide bonds. The van der Waals surface area contributed by atoms with Gasteiger partial charge in [0, 0.05) is 16.6 Å². The van der Waals surface area contributed by atoms with E-state index in [1.165, 1.54) is 11.1 Å². The molecule has 25 heavy (non-hydrogen) atoms. The summed E-state index contributed by atoms with van der Waals surface area (Å²) in [6.45, 7) is 20.3. The fraction of sp³-hybridized carbons (Fsp3) is 0.304. The van der Waals surface area contributed by atoms with E-state index in [1.807, 2.05) is 59.8 Å². The third-order valence-corrected chi connectivity index (χ3v) is 3.72. The van der Waals surface area contributed by atoms with Gasteiger partial charge in [-0.1, -0.05) is 77.3 Å². The van der Waals surface area contributed by atoms with Gasteiger partial charge in [-0.05, 0) is 37.1 Å². The van der Waals surface area contributed by atoms with E-state index in [1.54, 1.807) is 0 Å². The molecule has 2 aromatic rings. The van der Waals surface area contributed by atoms with E-state index in [0.717, 1.165) is 22.2 Å². The summed E-state index contributed by atoms with van der Waals surface area (Å²) < 4.78 is 2.08. The topological polar surface area (TPSA) is 30.9 Å². The molecule has 1 aromatic carbocycles. The van der Waals surface area contributed by atoms with Crippen LogP contribution in [0.2, 0.25) is 0 Å². The van der Waals surface area contributed by atoms with Gasteiger partial charge >= 0.3 is 0 Å². The van der Waals surface area contributed by atoms with Gasteiger partial charge in [0.05, 0.1) is 12.2 Å². The fourth-order valence-electron chi connectivity index (χ4n) is 2.75. The Balaban J connectivity index is 0.00000134. The van der Waals surface area contributed by atoms with Gasteiger partial charge in [-0.2, -0.15) is 0 Å². The number of nitrogens with zero attached hydrogens (tertiary/aromatic N) is 1. The Bertz CT molecular complexity index is 743. The normalized spacial score (nSPS) is 10.8. The lowest BCUT2D eigenvalue weighted by Gasteiger charge is -2.07. The van der Waals surface area contributed by atoms with Crippen LogP contribution in [-0.4, -0.2) is 4.57 Å². The molecule has 0 spiro atoms. The Morgan fingerprint density at radius 3 is 2.16 bits per heavy atom.